The Morgan fingerprint density at radius 2 is 2.00 bits per heavy atom. The molecule has 0 spiro atoms. The average molecular weight is 515 g/mol. The van der Waals surface area contributed by atoms with Gasteiger partial charge in [0.15, 0.2) is 6.19 Å². The van der Waals surface area contributed by atoms with Crippen molar-refractivity contribution in [3.63, 3.8) is 0 Å². The fourth-order valence-corrected chi connectivity index (χ4v) is 4.61. The normalized spacial score (nSPS) is 16.1. The van der Waals surface area contributed by atoms with E-state index in [9.17, 15) is 14.9 Å². The number of furan rings is 1. The number of anilines is 1. The van der Waals surface area contributed by atoms with Gasteiger partial charge in [0.1, 0.15) is 17.4 Å². The van der Waals surface area contributed by atoms with Crippen molar-refractivity contribution in [3.8, 4) is 6.19 Å². The van der Waals surface area contributed by atoms with Crippen LogP contribution in [0.3, 0.4) is 0 Å². The van der Waals surface area contributed by atoms with Crippen LogP contribution in [0.5, 0.6) is 0 Å². The molecule has 38 heavy (non-hydrogen) atoms. The summed E-state index contributed by atoms with van der Waals surface area (Å²) in [5.41, 5.74) is 2.77. The molecule has 1 fully saturated rings. The second-order valence-electron chi connectivity index (χ2n) is 9.51. The van der Waals surface area contributed by atoms with Gasteiger partial charge in [-0.2, -0.15) is 5.26 Å². The highest BCUT2D eigenvalue weighted by Crippen LogP contribution is 2.23. The molecule has 0 saturated carbocycles. The van der Waals surface area contributed by atoms with Crippen LogP contribution in [0.4, 0.5) is 5.69 Å². The smallest absolute Gasteiger partial charge is 0.247 e. The van der Waals surface area contributed by atoms with Gasteiger partial charge in [0.25, 0.3) is 0 Å². The highest BCUT2D eigenvalue weighted by atomic mass is 16.3. The van der Waals surface area contributed by atoms with Gasteiger partial charge < -0.3 is 20.0 Å². The number of nitriles is 1. The Bertz CT molecular complexity index is 1310. The Hall–Kier alpha value is -4.32. The van der Waals surface area contributed by atoms with Gasteiger partial charge in [0.2, 0.25) is 17.8 Å². The minimum atomic E-state index is -0.681. The zero-order chi connectivity index (χ0) is 26.7. The Kier molecular flexibility index (Phi) is 9.35. The average Bonchev–Trinajstić information content (AvgIpc) is 3.20. The van der Waals surface area contributed by atoms with E-state index < -0.39 is 6.04 Å². The van der Waals surface area contributed by atoms with Gasteiger partial charge in [-0.15, -0.1) is 0 Å². The summed E-state index contributed by atoms with van der Waals surface area (Å²) in [5, 5.41) is 18.8. The maximum absolute atomic E-state index is 13.3. The molecule has 2 amide bonds. The maximum atomic E-state index is 13.3. The van der Waals surface area contributed by atoms with Crippen LogP contribution in [0, 0.1) is 18.4 Å². The molecule has 0 radical (unpaired) electrons. The molecule has 2 heterocycles. The first-order chi connectivity index (χ1) is 18.5. The molecule has 2 aromatic carbocycles. The van der Waals surface area contributed by atoms with Crippen molar-refractivity contribution < 1.29 is 14.0 Å². The number of nitrogens with one attached hydrogen (secondary N) is 3. The molecule has 1 saturated heterocycles. The van der Waals surface area contributed by atoms with Crippen molar-refractivity contribution in [2.45, 2.75) is 51.5 Å². The summed E-state index contributed by atoms with van der Waals surface area (Å²) in [4.78, 5) is 32.0. The lowest BCUT2D eigenvalue weighted by Gasteiger charge is -2.22. The monoisotopic (exact) mass is 514 g/mol. The Labute approximate surface area is 222 Å². The lowest BCUT2D eigenvalue weighted by molar-refractivity contribution is -0.136. The van der Waals surface area contributed by atoms with Crippen LogP contribution in [-0.2, 0) is 16.0 Å². The highest BCUT2D eigenvalue weighted by molar-refractivity contribution is 5.98. The molecule has 1 unspecified atom stereocenters. The number of carbonyl (C=O) groups excluding carboxylic acids is 2. The lowest BCUT2D eigenvalue weighted by Crippen LogP contribution is -2.44. The van der Waals surface area contributed by atoms with E-state index >= 15 is 0 Å². The van der Waals surface area contributed by atoms with Crippen molar-refractivity contribution in [3.05, 3.63) is 65.9 Å². The van der Waals surface area contributed by atoms with Crippen molar-refractivity contribution in [2.24, 2.45) is 4.99 Å². The van der Waals surface area contributed by atoms with Crippen molar-refractivity contribution in [1.29, 1.82) is 5.26 Å². The minimum Gasteiger partial charge on any atom is -0.461 e. The molecule has 1 aromatic heterocycles. The number of carbonyl (C=O) groups is 2. The van der Waals surface area contributed by atoms with Gasteiger partial charge >= 0.3 is 0 Å². The topological polar surface area (TPSA) is 123 Å². The first-order valence-electron chi connectivity index (χ1n) is 13.1. The predicted octanol–water partition coefficient (Wildman–Crippen LogP) is 4.10. The van der Waals surface area contributed by atoms with Gasteiger partial charge in [-0.25, -0.2) is 4.99 Å². The molecule has 9 heteroatoms. The number of aliphatic imine (C=N–C) groups is 1. The fourth-order valence-electron chi connectivity index (χ4n) is 4.61. The summed E-state index contributed by atoms with van der Waals surface area (Å²) in [7, 11) is 0. The van der Waals surface area contributed by atoms with Crippen LogP contribution < -0.4 is 16.0 Å². The van der Waals surface area contributed by atoms with E-state index in [2.05, 4.69) is 33.1 Å². The molecular formula is C29H34N6O3. The fraction of sp³-hybridized carbons (Fsp3) is 0.379. The SMILES string of the molecule is Cc1cc2cc(NC(=NC3CCCCN(CC(=O)NCCCCc4ccccc4)C3=O)NC#N)ccc2o1. The third-order valence-electron chi connectivity index (χ3n) is 6.51. The van der Waals surface area contributed by atoms with Gasteiger partial charge in [-0.05, 0) is 75.3 Å². The zero-order valence-electron chi connectivity index (χ0n) is 21.7. The number of nitrogens with zero attached hydrogens (tertiary/aromatic N) is 3. The summed E-state index contributed by atoms with van der Waals surface area (Å²) in [6, 6.07) is 17.1. The number of guanidine groups is 1. The lowest BCUT2D eigenvalue weighted by atomic mass is 10.1. The highest BCUT2D eigenvalue weighted by Gasteiger charge is 2.28. The van der Waals surface area contributed by atoms with Crippen molar-refractivity contribution >= 4 is 34.4 Å². The van der Waals surface area contributed by atoms with E-state index in [-0.39, 0.29) is 24.3 Å². The maximum Gasteiger partial charge on any atom is 0.247 e. The van der Waals surface area contributed by atoms with E-state index in [4.69, 9.17) is 4.42 Å². The number of benzene rings is 2. The molecule has 3 aromatic rings. The number of amides is 2. The van der Waals surface area contributed by atoms with Crippen LogP contribution >= 0.6 is 0 Å². The molecule has 198 valence electrons. The second-order valence-corrected chi connectivity index (χ2v) is 9.51. The molecule has 1 aliphatic heterocycles. The first-order valence-corrected chi connectivity index (χ1v) is 13.1. The van der Waals surface area contributed by atoms with Crippen LogP contribution in [0.1, 0.15) is 43.4 Å². The largest absolute Gasteiger partial charge is 0.461 e. The Morgan fingerprint density at radius 1 is 1.16 bits per heavy atom. The van der Waals surface area contributed by atoms with Crippen LogP contribution in [0.15, 0.2) is 64.0 Å². The van der Waals surface area contributed by atoms with Gasteiger partial charge in [-0.1, -0.05) is 30.3 Å². The zero-order valence-corrected chi connectivity index (χ0v) is 21.7. The number of fused-ring (bicyclic) bond motifs is 1. The Morgan fingerprint density at radius 3 is 2.82 bits per heavy atom. The molecule has 0 aliphatic carbocycles. The number of rotatable bonds is 9. The second kappa shape index (κ2) is 13.3. The molecule has 1 aliphatic rings. The standard InChI is InChI=1S/C29H34N6O3/c1-21-17-23-18-24(13-14-26(23)38-21)33-29(32-20-30)34-25-12-6-8-16-35(28(25)37)19-27(36)31-15-7-5-11-22-9-3-2-4-10-22/h2-4,9-10,13-14,17-18,25H,5-8,11-12,15-16,19H2,1H3,(H,31,36)(H2,32,33,34). The molecule has 4 rings (SSSR count). The van der Waals surface area contributed by atoms with Crippen LogP contribution in [0.2, 0.25) is 0 Å². The third kappa shape index (κ3) is 7.59. The van der Waals surface area contributed by atoms with Crippen molar-refractivity contribution in [2.75, 3.05) is 25.0 Å². The first kappa shape index (κ1) is 26.7. The van der Waals surface area contributed by atoms with Gasteiger partial charge in [-0.3, -0.25) is 14.9 Å². The Balaban J connectivity index is 1.32. The van der Waals surface area contributed by atoms with Crippen molar-refractivity contribution in [1.82, 2.24) is 15.5 Å². The van der Waals surface area contributed by atoms with Gasteiger partial charge in [0, 0.05) is 24.2 Å². The number of likely N-dealkylation sites (tertiary alicyclic amines) is 1. The van der Waals surface area contributed by atoms with Crippen LogP contribution in [-0.4, -0.2) is 48.3 Å². The van der Waals surface area contributed by atoms with E-state index in [1.54, 1.807) is 4.90 Å². The summed E-state index contributed by atoms with van der Waals surface area (Å²) in [6.07, 6.45) is 6.87. The molecule has 0 bridgehead atoms. The molecular weight excluding hydrogens is 480 g/mol. The third-order valence-corrected chi connectivity index (χ3v) is 6.51. The molecule has 1 atom stereocenters. The summed E-state index contributed by atoms with van der Waals surface area (Å²) >= 11 is 0. The number of hydrogen-bond acceptors (Lipinski definition) is 5. The van der Waals surface area contributed by atoms with Crippen LogP contribution in [0.25, 0.3) is 11.0 Å². The molecule has 9 nitrogen and oxygen atoms in total. The van der Waals surface area contributed by atoms with E-state index in [1.807, 2.05) is 55.6 Å². The van der Waals surface area contributed by atoms with Gasteiger partial charge in [0.05, 0.1) is 6.54 Å². The quantitative estimate of drug-likeness (QED) is 0.130. The summed E-state index contributed by atoms with van der Waals surface area (Å²) in [5.74, 6) is 0.623. The van der Waals surface area contributed by atoms with E-state index in [0.29, 0.717) is 25.2 Å². The predicted molar refractivity (Wildman–Crippen MR) is 147 cm³/mol. The minimum absolute atomic E-state index is 0.00842. The summed E-state index contributed by atoms with van der Waals surface area (Å²) < 4.78 is 5.61. The number of hydrogen-bond donors (Lipinski definition) is 3. The number of unbranched alkanes of at least 4 members (excludes halogenated alkanes) is 1. The summed E-state index contributed by atoms with van der Waals surface area (Å²) in [6.45, 7) is 2.98. The van der Waals surface area contributed by atoms with E-state index in [0.717, 1.165) is 48.8 Å². The van der Waals surface area contributed by atoms with E-state index in [1.165, 1.54) is 5.56 Å². The number of aryl methyl sites for hydroxylation is 2. The molecule has 3 N–H and O–H groups in total.